The molecule has 6 nitrogen and oxygen atoms in total. The molecule has 4 rings (SSSR count). The van der Waals surface area contributed by atoms with E-state index in [0.717, 1.165) is 31.3 Å². The highest BCUT2D eigenvalue weighted by Crippen LogP contribution is 2.33. The van der Waals surface area contributed by atoms with Gasteiger partial charge in [-0.2, -0.15) is 0 Å². The van der Waals surface area contributed by atoms with Gasteiger partial charge in [0.1, 0.15) is 17.4 Å². The molecule has 0 aliphatic carbocycles. The number of hydrogen-bond acceptors (Lipinski definition) is 7. The number of aromatic nitrogens is 1. The molecule has 1 aliphatic heterocycles. The van der Waals surface area contributed by atoms with Crippen LogP contribution < -0.4 is 4.74 Å². The van der Waals surface area contributed by atoms with Crippen LogP contribution in [0.25, 0.3) is 10.9 Å². The number of ketones is 1. The second-order valence-electron chi connectivity index (χ2n) is 9.64. The number of ether oxygens (including phenoxy) is 2. The maximum atomic E-state index is 14.8. The number of likely N-dealkylation sites (tertiary alicyclic amines) is 1. The molecule has 1 aliphatic rings. The summed E-state index contributed by atoms with van der Waals surface area (Å²) in [5.74, 6) is -1.16. The highest BCUT2D eigenvalue weighted by Gasteiger charge is 2.32. The first-order chi connectivity index (χ1) is 18.8. The fraction of sp³-hybridized carbons (Fsp3) is 0.414. The molecule has 0 N–H and O–H groups in total. The Hall–Kier alpha value is -3.11. The number of Topliss-reactive ketones (excluding diaryl/α,β-unsaturated/α-hetero) is 1. The Morgan fingerprint density at radius 2 is 1.90 bits per heavy atom. The first-order valence-electron chi connectivity index (χ1n) is 12.8. The smallest absolute Gasteiger partial charge is 0.305 e. The van der Waals surface area contributed by atoms with Gasteiger partial charge in [0.15, 0.2) is 11.6 Å². The van der Waals surface area contributed by atoms with Gasteiger partial charge in [-0.3, -0.25) is 14.6 Å². The topological polar surface area (TPSA) is 68.7 Å². The summed E-state index contributed by atoms with van der Waals surface area (Å²) in [7, 11) is 2.85. The molecule has 0 spiro atoms. The second-order valence-corrected chi connectivity index (χ2v) is 10.8. The van der Waals surface area contributed by atoms with E-state index in [4.69, 9.17) is 9.47 Å². The lowest BCUT2D eigenvalue weighted by Gasteiger charge is -2.38. The zero-order chi connectivity index (χ0) is 27.9. The third-order valence-electron chi connectivity index (χ3n) is 7.24. The van der Waals surface area contributed by atoms with Crippen molar-refractivity contribution in [3.05, 3.63) is 65.6 Å². The van der Waals surface area contributed by atoms with Gasteiger partial charge in [0.25, 0.3) is 0 Å². The summed E-state index contributed by atoms with van der Waals surface area (Å²) < 4.78 is 52.3. The molecule has 0 bridgehead atoms. The highest BCUT2D eigenvalue weighted by atomic mass is 32.2. The van der Waals surface area contributed by atoms with Crippen LogP contribution in [0.1, 0.15) is 36.0 Å². The van der Waals surface area contributed by atoms with Crippen molar-refractivity contribution in [2.75, 3.05) is 39.6 Å². The Bertz CT molecular complexity index is 1340. The van der Waals surface area contributed by atoms with E-state index in [1.54, 1.807) is 18.2 Å². The van der Waals surface area contributed by atoms with E-state index < -0.39 is 17.5 Å². The number of piperidine rings is 1. The molecule has 1 aromatic heterocycles. The summed E-state index contributed by atoms with van der Waals surface area (Å²) >= 11 is 1.25. The van der Waals surface area contributed by atoms with E-state index in [1.165, 1.54) is 32.0 Å². The van der Waals surface area contributed by atoms with E-state index in [1.807, 2.05) is 0 Å². The number of methoxy groups -OCH3 is 2. The number of fused-ring (bicyclic) bond motifs is 1. The summed E-state index contributed by atoms with van der Waals surface area (Å²) in [5.41, 5.74) is 0.510. The standard InChI is InChI=1S/C29H31F3N2O4S/c1-37-21-5-7-25-22(15-21)29(24(32)16-33-25)26(35)8-3-18-9-10-34(17-19(18)13-28(36)38-2)11-12-39-27-14-20(30)4-6-23(27)31/h4-7,14-16,18-19H,3,8-13,17H2,1-2H3. The predicted octanol–water partition coefficient (Wildman–Crippen LogP) is 5.92. The average Bonchev–Trinajstić information content (AvgIpc) is 2.93. The van der Waals surface area contributed by atoms with Crippen LogP contribution in [0.15, 0.2) is 47.5 Å². The second kappa shape index (κ2) is 13.3. The minimum absolute atomic E-state index is 0.00228. The molecule has 1 saturated heterocycles. The van der Waals surface area contributed by atoms with Gasteiger partial charge in [-0.05, 0) is 67.6 Å². The van der Waals surface area contributed by atoms with Crippen LogP contribution in [-0.2, 0) is 9.53 Å². The maximum absolute atomic E-state index is 14.8. The first-order valence-corrected chi connectivity index (χ1v) is 13.8. The number of carbonyl (C=O) groups excluding carboxylic acids is 2. The van der Waals surface area contributed by atoms with E-state index >= 15 is 0 Å². The number of carbonyl (C=O) groups is 2. The van der Waals surface area contributed by atoms with Crippen LogP contribution in [0.2, 0.25) is 0 Å². The van der Waals surface area contributed by atoms with Gasteiger partial charge in [-0.25, -0.2) is 13.2 Å². The Balaban J connectivity index is 1.40. The number of rotatable bonds is 11. The van der Waals surface area contributed by atoms with Crippen molar-refractivity contribution in [1.29, 1.82) is 0 Å². The van der Waals surface area contributed by atoms with Gasteiger partial charge in [0, 0.05) is 42.0 Å². The van der Waals surface area contributed by atoms with Gasteiger partial charge in [0.2, 0.25) is 0 Å². The highest BCUT2D eigenvalue weighted by molar-refractivity contribution is 7.99. The molecule has 2 heterocycles. The number of esters is 1. The van der Waals surface area contributed by atoms with E-state index in [-0.39, 0.29) is 46.9 Å². The van der Waals surface area contributed by atoms with Crippen molar-refractivity contribution in [1.82, 2.24) is 9.88 Å². The van der Waals surface area contributed by atoms with Gasteiger partial charge in [-0.1, -0.05) is 0 Å². The van der Waals surface area contributed by atoms with Crippen molar-refractivity contribution in [3.8, 4) is 5.75 Å². The lowest BCUT2D eigenvalue weighted by molar-refractivity contribution is -0.142. The van der Waals surface area contributed by atoms with E-state index in [0.29, 0.717) is 41.9 Å². The Morgan fingerprint density at radius 3 is 2.67 bits per heavy atom. The third kappa shape index (κ3) is 7.30. The first kappa shape index (κ1) is 28.9. The van der Waals surface area contributed by atoms with Crippen molar-refractivity contribution < 1.29 is 32.2 Å². The molecule has 208 valence electrons. The molecule has 2 atom stereocenters. The molecule has 3 aromatic rings. The minimum Gasteiger partial charge on any atom is -0.497 e. The summed E-state index contributed by atoms with van der Waals surface area (Å²) in [6, 6.07) is 8.41. The molecule has 0 saturated carbocycles. The predicted molar refractivity (Wildman–Crippen MR) is 144 cm³/mol. The van der Waals surface area contributed by atoms with Crippen LogP contribution >= 0.6 is 11.8 Å². The average molecular weight is 561 g/mol. The molecular weight excluding hydrogens is 529 g/mol. The number of nitrogens with zero attached hydrogens (tertiary/aromatic N) is 2. The molecule has 2 unspecified atom stereocenters. The summed E-state index contributed by atoms with van der Waals surface area (Å²) in [5, 5.41) is 0.410. The fourth-order valence-corrected chi connectivity index (χ4v) is 6.11. The zero-order valence-electron chi connectivity index (χ0n) is 21.9. The Labute approximate surface area is 229 Å². The van der Waals surface area contributed by atoms with Crippen LogP contribution in [0.4, 0.5) is 13.2 Å². The largest absolute Gasteiger partial charge is 0.497 e. The van der Waals surface area contributed by atoms with Crippen LogP contribution in [0, 0.1) is 29.3 Å². The van der Waals surface area contributed by atoms with Crippen molar-refractivity contribution in [2.45, 2.75) is 30.6 Å². The number of benzene rings is 2. The lowest BCUT2D eigenvalue weighted by Crippen LogP contribution is -2.42. The van der Waals surface area contributed by atoms with Crippen LogP contribution in [0.3, 0.4) is 0 Å². The molecule has 39 heavy (non-hydrogen) atoms. The zero-order valence-corrected chi connectivity index (χ0v) is 22.7. The van der Waals surface area contributed by atoms with Gasteiger partial charge < -0.3 is 14.4 Å². The molecule has 0 radical (unpaired) electrons. The summed E-state index contributed by atoms with van der Waals surface area (Å²) in [6.45, 7) is 2.00. The molecule has 0 amide bonds. The molecule has 2 aromatic carbocycles. The van der Waals surface area contributed by atoms with Gasteiger partial charge in [0.05, 0.1) is 31.5 Å². The van der Waals surface area contributed by atoms with Crippen molar-refractivity contribution >= 4 is 34.4 Å². The van der Waals surface area contributed by atoms with E-state index in [2.05, 4.69) is 9.88 Å². The van der Waals surface area contributed by atoms with Crippen LogP contribution in [0.5, 0.6) is 5.75 Å². The Kier molecular flexibility index (Phi) is 9.85. The molecule has 10 heteroatoms. The van der Waals surface area contributed by atoms with Crippen LogP contribution in [-0.4, -0.2) is 61.2 Å². The third-order valence-corrected chi connectivity index (χ3v) is 8.25. The number of halogens is 3. The fourth-order valence-electron chi connectivity index (χ4n) is 5.14. The number of pyridine rings is 1. The lowest BCUT2D eigenvalue weighted by atomic mass is 9.79. The van der Waals surface area contributed by atoms with Crippen molar-refractivity contribution in [3.63, 3.8) is 0 Å². The number of thioether (sulfide) groups is 1. The van der Waals surface area contributed by atoms with Gasteiger partial charge in [-0.15, -0.1) is 11.8 Å². The van der Waals surface area contributed by atoms with Crippen molar-refractivity contribution in [2.24, 2.45) is 11.8 Å². The SMILES string of the molecule is COC(=O)CC1CN(CCSc2cc(F)ccc2F)CCC1CCC(=O)c1c(F)cnc2ccc(OC)cc12. The summed E-state index contributed by atoms with van der Waals surface area (Å²) in [4.78, 5) is 31.9. The normalized spacial score (nSPS) is 17.8. The van der Waals surface area contributed by atoms with Gasteiger partial charge >= 0.3 is 5.97 Å². The monoisotopic (exact) mass is 560 g/mol. The Morgan fingerprint density at radius 1 is 1.08 bits per heavy atom. The molecule has 1 fully saturated rings. The quantitative estimate of drug-likeness (QED) is 0.164. The maximum Gasteiger partial charge on any atom is 0.305 e. The van der Waals surface area contributed by atoms with E-state index in [9.17, 15) is 22.8 Å². The minimum atomic E-state index is -0.672. The number of hydrogen-bond donors (Lipinski definition) is 0. The molecular formula is C29H31F3N2O4S. The summed E-state index contributed by atoms with van der Waals surface area (Å²) in [6.07, 6.45) is 2.66.